The Bertz CT molecular complexity index is 360. The van der Waals surface area contributed by atoms with Crippen molar-refractivity contribution in [3.05, 3.63) is 11.9 Å². The molecule has 1 saturated heterocycles. The summed E-state index contributed by atoms with van der Waals surface area (Å²) in [5.41, 5.74) is 0.0554. The third-order valence-electron chi connectivity index (χ3n) is 3.95. The summed E-state index contributed by atoms with van der Waals surface area (Å²) < 4.78 is 19.3. The van der Waals surface area contributed by atoms with Gasteiger partial charge in [-0.15, -0.1) is 0 Å². The van der Waals surface area contributed by atoms with E-state index in [0.717, 1.165) is 25.9 Å². The fourth-order valence-corrected chi connectivity index (χ4v) is 2.65. The number of rotatable bonds is 1. The summed E-state index contributed by atoms with van der Waals surface area (Å²) in [6.07, 6.45) is 3.81. The zero-order chi connectivity index (χ0) is 11.2. The lowest BCUT2D eigenvalue weighted by molar-refractivity contribution is 0.0674. The lowest BCUT2D eigenvalue weighted by Gasteiger charge is -2.30. The lowest BCUT2D eigenvalue weighted by atomic mass is 10.00. The van der Waals surface area contributed by atoms with Gasteiger partial charge in [-0.3, -0.25) is 4.99 Å². The van der Waals surface area contributed by atoms with Crippen LogP contribution in [0.4, 0.5) is 4.39 Å². The van der Waals surface area contributed by atoms with Gasteiger partial charge in [0.1, 0.15) is 0 Å². The maximum atomic E-state index is 14.0. The molecule has 2 aliphatic heterocycles. The molecule has 1 aliphatic carbocycles. The van der Waals surface area contributed by atoms with Gasteiger partial charge in [-0.25, -0.2) is 4.39 Å². The zero-order valence-electron chi connectivity index (χ0n) is 9.58. The van der Waals surface area contributed by atoms with Crippen LogP contribution in [0.3, 0.4) is 0 Å². The number of aliphatic imine (C=N–C) groups is 1. The number of halogens is 1. The van der Waals surface area contributed by atoms with E-state index in [9.17, 15) is 4.39 Å². The maximum absolute atomic E-state index is 14.0. The minimum atomic E-state index is -0.127. The highest BCUT2D eigenvalue weighted by Gasteiger charge is 2.54. The number of nitrogens with zero attached hydrogens (tertiary/aromatic N) is 2. The van der Waals surface area contributed by atoms with Crippen LogP contribution in [0, 0.1) is 5.41 Å². The molecule has 3 nitrogen and oxygen atoms in total. The van der Waals surface area contributed by atoms with Gasteiger partial charge in [0, 0.05) is 18.5 Å². The first kappa shape index (κ1) is 10.3. The van der Waals surface area contributed by atoms with E-state index in [0.29, 0.717) is 25.1 Å². The van der Waals surface area contributed by atoms with Gasteiger partial charge in [-0.05, 0) is 18.9 Å². The highest BCUT2D eigenvalue weighted by atomic mass is 19.1. The van der Waals surface area contributed by atoms with Gasteiger partial charge in [0.25, 0.3) is 0 Å². The van der Waals surface area contributed by atoms with Crippen LogP contribution < -0.4 is 0 Å². The standard InChI is InChI=1S/C12H17FN2O/c1-2-12-7-9(13)11(14-10(12)8-12)15-3-5-16-6-4-15/h7,10H,2-6,8H2,1H3. The van der Waals surface area contributed by atoms with E-state index in [4.69, 9.17) is 4.74 Å². The van der Waals surface area contributed by atoms with Crippen LogP contribution in [0.15, 0.2) is 16.9 Å². The van der Waals surface area contributed by atoms with Crippen molar-refractivity contribution in [1.29, 1.82) is 0 Å². The molecule has 1 saturated carbocycles. The average Bonchev–Trinajstić information content (AvgIpc) is 3.03. The van der Waals surface area contributed by atoms with Crippen molar-refractivity contribution in [3.63, 3.8) is 0 Å². The smallest absolute Gasteiger partial charge is 0.161 e. The highest BCUT2D eigenvalue weighted by molar-refractivity contribution is 5.98. The fraction of sp³-hybridized carbons (Fsp3) is 0.750. The monoisotopic (exact) mass is 224 g/mol. The van der Waals surface area contributed by atoms with E-state index in [-0.39, 0.29) is 11.2 Å². The Labute approximate surface area is 95.0 Å². The number of hydrogen-bond acceptors (Lipinski definition) is 3. The van der Waals surface area contributed by atoms with Crippen LogP contribution in [0.1, 0.15) is 19.8 Å². The fourth-order valence-electron chi connectivity index (χ4n) is 2.65. The van der Waals surface area contributed by atoms with Crippen LogP contribution in [0.2, 0.25) is 0 Å². The summed E-state index contributed by atoms with van der Waals surface area (Å²) >= 11 is 0. The van der Waals surface area contributed by atoms with Crippen LogP contribution in [0.25, 0.3) is 0 Å². The van der Waals surface area contributed by atoms with Crippen LogP contribution in [0.5, 0.6) is 0 Å². The Morgan fingerprint density at radius 3 is 3.00 bits per heavy atom. The lowest BCUT2D eigenvalue weighted by Crippen LogP contribution is -2.42. The Hall–Kier alpha value is -0.900. The molecule has 88 valence electrons. The molecule has 0 aromatic heterocycles. The number of fused-ring (bicyclic) bond motifs is 1. The van der Waals surface area contributed by atoms with Gasteiger partial charge in [-0.2, -0.15) is 0 Å². The van der Waals surface area contributed by atoms with Crippen LogP contribution in [-0.2, 0) is 4.74 Å². The van der Waals surface area contributed by atoms with Crippen molar-refractivity contribution in [3.8, 4) is 0 Å². The van der Waals surface area contributed by atoms with Gasteiger partial charge in [0.05, 0.1) is 19.3 Å². The third kappa shape index (κ3) is 1.47. The van der Waals surface area contributed by atoms with Gasteiger partial charge in [0.2, 0.25) is 0 Å². The number of amidine groups is 1. The van der Waals surface area contributed by atoms with E-state index < -0.39 is 0 Å². The molecule has 0 spiro atoms. The van der Waals surface area contributed by atoms with Crippen molar-refractivity contribution in [2.45, 2.75) is 25.8 Å². The molecule has 2 heterocycles. The molecular weight excluding hydrogens is 207 g/mol. The minimum Gasteiger partial charge on any atom is -0.378 e. The number of dihydropyridines is 1. The molecule has 0 amide bonds. The predicted octanol–water partition coefficient (Wildman–Crippen LogP) is 1.75. The predicted molar refractivity (Wildman–Crippen MR) is 60.1 cm³/mol. The maximum Gasteiger partial charge on any atom is 0.161 e. The van der Waals surface area contributed by atoms with Crippen LogP contribution in [-0.4, -0.2) is 43.1 Å². The molecule has 2 unspecified atom stereocenters. The zero-order valence-corrected chi connectivity index (χ0v) is 9.58. The topological polar surface area (TPSA) is 24.8 Å². The van der Waals surface area contributed by atoms with Crippen LogP contribution >= 0.6 is 0 Å². The second kappa shape index (κ2) is 3.55. The summed E-state index contributed by atoms with van der Waals surface area (Å²) in [6.45, 7) is 4.97. The quantitative estimate of drug-likeness (QED) is 0.678. The Morgan fingerprint density at radius 1 is 1.56 bits per heavy atom. The van der Waals surface area contributed by atoms with Crippen molar-refractivity contribution >= 4 is 5.84 Å². The SMILES string of the molecule is CCC12C=C(F)C(N3CCOCC3)=NC1C2. The van der Waals surface area contributed by atoms with Gasteiger partial charge < -0.3 is 9.64 Å². The normalized spacial score (nSPS) is 37.6. The molecule has 0 N–H and O–H groups in total. The first-order valence-corrected chi connectivity index (χ1v) is 6.04. The Morgan fingerprint density at radius 2 is 2.31 bits per heavy atom. The molecule has 3 rings (SSSR count). The summed E-state index contributed by atoms with van der Waals surface area (Å²) in [5, 5.41) is 0. The summed E-state index contributed by atoms with van der Waals surface area (Å²) in [6, 6.07) is 0.329. The average molecular weight is 224 g/mol. The first-order valence-electron chi connectivity index (χ1n) is 6.04. The van der Waals surface area contributed by atoms with Crippen molar-refractivity contribution in [2.75, 3.05) is 26.3 Å². The number of hydrogen-bond donors (Lipinski definition) is 0. The molecule has 2 atom stereocenters. The molecule has 2 fully saturated rings. The van der Waals surface area contributed by atoms with E-state index in [2.05, 4.69) is 11.9 Å². The second-order valence-electron chi connectivity index (χ2n) is 4.85. The van der Waals surface area contributed by atoms with Crippen molar-refractivity contribution < 1.29 is 9.13 Å². The summed E-state index contributed by atoms with van der Waals surface area (Å²) in [5.74, 6) is 0.437. The van der Waals surface area contributed by atoms with Gasteiger partial charge in [-0.1, -0.05) is 6.92 Å². The Kier molecular flexibility index (Phi) is 2.28. The molecule has 16 heavy (non-hydrogen) atoms. The largest absolute Gasteiger partial charge is 0.378 e. The number of morpholine rings is 1. The summed E-state index contributed by atoms with van der Waals surface area (Å²) in [7, 11) is 0. The van der Waals surface area contributed by atoms with Crippen molar-refractivity contribution in [1.82, 2.24) is 4.90 Å². The van der Waals surface area contributed by atoms with Gasteiger partial charge >= 0.3 is 0 Å². The van der Waals surface area contributed by atoms with Crippen molar-refractivity contribution in [2.24, 2.45) is 10.4 Å². The highest BCUT2D eigenvalue weighted by Crippen LogP contribution is 2.55. The summed E-state index contributed by atoms with van der Waals surface area (Å²) in [4.78, 5) is 6.55. The van der Waals surface area contributed by atoms with E-state index in [1.807, 2.05) is 4.90 Å². The first-order chi connectivity index (χ1) is 7.75. The van der Waals surface area contributed by atoms with E-state index in [1.165, 1.54) is 0 Å². The molecule has 4 heteroatoms. The minimum absolute atomic E-state index is 0.0554. The molecule has 0 bridgehead atoms. The van der Waals surface area contributed by atoms with E-state index in [1.54, 1.807) is 6.08 Å². The molecule has 0 aromatic rings. The molecule has 0 radical (unpaired) electrons. The Balaban J connectivity index is 1.80. The molecule has 0 aromatic carbocycles. The third-order valence-corrected chi connectivity index (χ3v) is 3.95. The molecule has 3 aliphatic rings. The van der Waals surface area contributed by atoms with Gasteiger partial charge in [0.15, 0.2) is 11.7 Å². The van der Waals surface area contributed by atoms with E-state index >= 15 is 0 Å². The second-order valence-corrected chi connectivity index (χ2v) is 4.85. The molecular formula is C12H17FN2O. The number of ether oxygens (including phenoxy) is 1.